The molecule has 166 valence electrons. The van der Waals surface area contributed by atoms with E-state index in [1.165, 1.54) is 22.0 Å². The molecule has 0 N–H and O–H groups in total. The number of amides is 1. The molecule has 2 aromatic rings. The molecule has 0 saturated carbocycles. The summed E-state index contributed by atoms with van der Waals surface area (Å²) in [6.07, 6.45) is 3.34. The predicted molar refractivity (Wildman–Crippen MR) is 119 cm³/mol. The Morgan fingerprint density at radius 3 is 2.45 bits per heavy atom. The number of halogens is 1. The van der Waals surface area contributed by atoms with E-state index in [1.54, 1.807) is 4.90 Å². The Kier molecular flexibility index (Phi) is 5.88. The normalized spacial score (nSPS) is 18.5. The highest BCUT2D eigenvalue weighted by Crippen LogP contribution is 2.27. The van der Waals surface area contributed by atoms with Gasteiger partial charge in [-0.25, -0.2) is 17.8 Å². The first-order valence-corrected chi connectivity index (χ1v) is 12.2. The molecule has 9 heteroatoms. The Hall–Kier alpha value is -2.68. The van der Waals surface area contributed by atoms with E-state index in [4.69, 9.17) is 0 Å². The molecule has 0 unspecified atom stereocenters. The van der Waals surface area contributed by atoms with Crippen molar-refractivity contribution in [2.45, 2.75) is 26.7 Å². The van der Waals surface area contributed by atoms with Crippen LogP contribution in [0.1, 0.15) is 34.8 Å². The summed E-state index contributed by atoms with van der Waals surface area (Å²) in [4.78, 5) is 21.3. The number of piperazine rings is 1. The molecule has 0 radical (unpaired) electrons. The van der Waals surface area contributed by atoms with Gasteiger partial charge >= 0.3 is 0 Å². The molecule has 7 nitrogen and oxygen atoms in total. The van der Waals surface area contributed by atoms with Gasteiger partial charge in [-0.2, -0.15) is 0 Å². The molecule has 1 aromatic carbocycles. The molecule has 3 heterocycles. The van der Waals surface area contributed by atoms with E-state index in [2.05, 4.69) is 22.9 Å². The first kappa shape index (κ1) is 21.5. The van der Waals surface area contributed by atoms with Crippen LogP contribution in [0.25, 0.3) is 0 Å². The number of benzene rings is 1. The lowest BCUT2D eigenvalue weighted by Gasteiger charge is -2.36. The van der Waals surface area contributed by atoms with E-state index >= 15 is 0 Å². The molecule has 0 spiro atoms. The van der Waals surface area contributed by atoms with Crippen molar-refractivity contribution in [3.05, 3.63) is 53.0 Å². The summed E-state index contributed by atoms with van der Waals surface area (Å²) in [5, 5.41) is 0. The van der Waals surface area contributed by atoms with E-state index in [-0.39, 0.29) is 22.9 Å². The van der Waals surface area contributed by atoms with E-state index in [9.17, 15) is 17.6 Å². The zero-order chi connectivity index (χ0) is 22.2. The average Bonchev–Trinajstić information content (AvgIpc) is 3.12. The summed E-state index contributed by atoms with van der Waals surface area (Å²) >= 11 is 0. The number of rotatable bonds is 4. The molecular formula is C22H27FN4O3S. The van der Waals surface area contributed by atoms with Crippen molar-refractivity contribution in [2.24, 2.45) is 0 Å². The largest absolute Gasteiger partial charge is 0.353 e. The minimum absolute atomic E-state index is 0.0320. The number of aromatic nitrogens is 1. The second-order valence-corrected chi connectivity index (χ2v) is 10.0. The summed E-state index contributed by atoms with van der Waals surface area (Å²) in [7, 11) is -3.39. The van der Waals surface area contributed by atoms with Crippen LogP contribution in [0, 0.1) is 12.7 Å². The van der Waals surface area contributed by atoms with Crippen molar-refractivity contribution >= 4 is 27.4 Å². The molecule has 0 aliphatic carbocycles. The van der Waals surface area contributed by atoms with Gasteiger partial charge in [-0.1, -0.05) is 13.0 Å². The lowest BCUT2D eigenvalue weighted by molar-refractivity contribution is 0.0742. The van der Waals surface area contributed by atoms with Crippen molar-refractivity contribution in [3.63, 3.8) is 0 Å². The maximum Gasteiger partial charge on any atom is 0.256 e. The topological polar surface area (TPSA) is 73.8 Å². The van der Waals surface area contributed by atoms with Gasteiger partial charge in [0.2, 0.25) is 10.0 Å². The van der Waals surface area contributed by atoms with Gasteiger partial charge in [0.15, 0.2) is 0 Å². The lowest BCUT2D eigenvalue weighted by atomic mass is 10.1. The van der Waals surface area contributed by atoms with Crippen LogP contribution < -0.4 is 9.21 Å². The third-order valence-electron chi connectivity index (χ3n) is 5.95. The number of carbonyl (C=O) groups excluding carboxylic acids is 1. The third kappa shape index (κ3) is 4.23. The highest BCUT2D eigenvalue weighted by molar-refractivity contribution is 7.93. The lowest BCUT2D eigenvalue weighted by Crippen LogP contribution is -2.49. The second kappa shape index (κ2) is 8.45. The highest BCUT2D eigenvalue weighted by atomic mass is 32.2. The fraction of sp³-hybridized carbons (Fsp3) is 0.455. The van der Waals surface area contributed by atoms with Gasteiger partial charge < -0.3 is 9.80 Å². The molecule has 4 rings (SSSR count). The number of anilines is 2. The van der Waals surface area contributed by atoms with Crippen LogP contribution in [0.4, 0.5) is 15.9 Å². The Bertz CT molecular complexity index is 1100. The molecular weight excluding hydrogens is 419 g/mol. The van der Waals surface area contributed by atoms with Crippen LogP contribution in [0.15, 0.2) is 30.5 Å². The quantitative estimate of drug-likeness (QED) is 0.722. The zero-order valence-electron chi connectivity index (χ0n) is 17.8. The van der Waals surface area contributed by atoms with Gasteiger partial charge in [0, 0.05) is 38.9 Å². The highest BCUT2D eigenvalue weighted by Gasteiger charge is 2.30. The molecule has 1 aromatic heterocycles. The number of aryl methyl sites for hydroxylation is 2. The third-order valence-corrected chi connectivity index (χ3v) is 7.82. The number of carbonyl (C=O) groups is 1. The number of nitrogens with zero attached hydrogens (tertiary/aromatic N) is 4. The summed E-state index contributed by atoms with van der Waals surface area (Å²) in [5.74, 6) is -0.0833. The smallest absolute Gasteiger partial charge is 0.256 e. The summed E-state index contributed by atoms with van der Waals surface area (Å²) in [6, 6.07) is 6.19. The van der Waals surface area contributed by atoms with Crippen LogP contribution >= 0.6 is 0 Å². The predicted octanol–water partition coefficient (Wildman–Crippen LogP) is 2.59. The SMILES string of the molecule is CCc1cnc(N2CCN(C(=O)c3ccc(N4CCCS4(=O)=O)cc3F)CC2)c(C)c1. The maximum atomic E-state index is 14.7. The molecule has 2 aliphatic rings. The summed E-state index contributed by atoms with van der Waals surface area (Å²) < 4.78 is 40.1. The fourth-order valence-electron chi connectivity index (χ4n) is 4.20. The number of hydrogen-bond acceptors (Lipinski definition) is 5. The molecule has 0 bridgehead atoms. The molecule has 0 atom stereocenters. The molecule has 2 saturated heterocycles. The number of hydrogen-bond donors (Lipinski definition) is 0. The van der Waals surface area contributed by atoms with Gasteiger partial charge in [0.25, 0.3) is 5.91 Å². The average molecular weight is 447 g/mol. The van der Waals surface area contributed by atoms with Crippen molar-refractivity contribution in [1.29, 1.82) is 0 Å². The summed E-state index contributed by atoms with van der Waals surface area (Å²) in [6.45, 7) is 6.65. The van der Waals surface area contributed by atoms with Gasteiger partial charge in [-0.05, 0) is 49.1 Å². The maximum absolute atomic E-state index is 14.7. The molecule has 31 heavy (non-hydrogen) atoms. The van der Waals surface area contributed by atoms with Gasteiger partial charge in [-0.15, -0.1) is 0 Å². The van der Waals surface area contributed by atoms with Crippen molar-refractivity contribution in [1.82, 2.24) is 9.88 Å². The van der Waals surface area contributed by atoms with E-state index in [0.717, 1.165) is 23.9 Å². The van der Waals surface area contributed by atoms with Gasteiger partial charge in [0.1, 0.15) is 11.6 Å². The zero-order valence-corrected chi connectivity index (χ0v) is 18.7. The number of sulfonamides is 1. The minimum Gasteiger partial charge on any atom is -0.353 e. The van der Waals surface area contributed by atoms with Crippen molar-refractivity contribution in [3.8, 4) is 0 Å². The van der Waals surface area contributed by atoms with Crippen LogP contribution in [0.3, 0.4) is 0 Å². The van der Waals surface area contributed by atoms with Crippen LogP contribution in [-0.2, 0) is 16.4 Å². The molecule has 1 amide bonds. The Morgan fingerprint density at radius 2 is 1.87 bits per heavy atom. The molecule has 2 fully saturated rings. The first-order valence-electron chi connectivity index (χ1n) is 10.6. The van der Waals surface area contributed by atoms with Gasteiger partial charge in [-0.3, -0.25) is 9.10 Å². The Labute approximate surface area is 182 Å². The monoisotopic (exact) mass is 446 g/mol. The minimum atomic E-state index is -3.39. The Morgan fingerprint density at radius 1 is 1.13 bits per heavy atom. The number of pyridine rings is 1. The van der Waals surface area contributed by atoms with Crippen molar-refractivity contribution in [2.75, 3.05) is 47.7 Å². The standard InChI is InChI=1S/C22H27FN4O3S/c1-3-17-13-16(2)21(24-15-17)25-8-10-26(11-9-25)22(28)19-6-5-18(14-20(19)23)27-7-4-12-31(27,29)30/h5-6,13-15H,3-4,7-12H2,1-2H3. The van der Waals surface area contributed by atoms with Gasteiger partial charge in [0.05, 0.1) is 17.0 Å². The van der Waals surface area contributed by atoms with E-state index < -0.39 is 15.8 Å². The van der Waals surface area contributed by atoms with Crippen LogP contribution in [-0.4, -0.2) is 62.7 Å². The van der Waals surface area contributed by atoms with E-state index in [0.29, 0.717) is 39.1 Å². The van der Waals surface area contributed by atoms with Crippen LogP contribution in [0.2, 0.25) is 0 Å². The first-order chi connectivity index (χ1) is 14.8. The fourth-order valence-corrected chi connectivity index (χ4v) is 5.76. The summed E-state index contributed by atoms with van der Waals surface area (Å²) in [5.41, 5.74) is 2.54. The molecule has 2 aliphatic heterocycles. The van der Waals surface area contributed by atoms with Crippen LogP contribution in [0.5, 0.6) is 0 Å². The van der Waals surface area contributed by atoms with E-state index in [1.807, 2.05) is 13.1 Å². The Balaban J connectivity index is 1.44. The van der Waals surface area contributed by atoms with Crippen molar-refractivity contribution < 1.29 is 17.6 Å². The second-order valence-electron chi connectivity index (χ2n) is 8.02.